The van der Waals surface area contributed by atoms with E-state index in [9.17, 15) is 4.79 Å². The maximum Gasteiger partial charge on any atom is 0.166 e. The molecule has 3 heteroatoms. The zero-order chi connectivity index (χ0) is 4.41. The molecule has 1 aliphatic heterocycles. The molecule has 0 saturated carbocycles. The third-order valence-electron chi connectivity index (χ3n) is 0.696. The van der Waals surface area contributed by atoms with Crippen LogP contribution < -0.4 is 5.32 Å². The Morgan fingerprint density at radius 2 is 2.67 bits per heavy atom. The molecule has 1 rings (SSSR count). The van der Waals surface area contributed by atoms with Gasteiger partial charge in [-0.05, 0) is 8.58 Å². The number of nitrogens with one attached hydrogen (secondary N) is 1. The molecule has 0 bridgehead atoms. The van der Waals surface area contributed by atoms with Crippen molar-refractivity contribution in [1.29, 1.82) is 0 Å². The summed E-state index contributed by atoms with van der Waals surface area (Å²) in [5, 5.41) is 2.93. The van der Waals surface area contributed by atoms with Crippen LogP contribution in [-0.2, 0) is 4.79 Å². The first-order valence-corrected chi connectivity index (χ1v) is 3.08. The van der Waals surface area contributed by atoms with Crippen LogP contribution in [0.3, 0.4) is 0 Å². The highest BCUT2D eigenvalue weighted by Gasteiger charge is 2.05. The second-order valence-corrected chi connectivity index (χ2v) is 2.47. The summed E-state index contributed by atoms with van der Waals surface area (Å²) in [6.07, 6.45) is 0.916. The molecular formula is C3H6NOP. The molecule has 0 aromatic carbocycles. The molecule has 6 heavy (non-hydrogen) atoms. The zero-order valence-electron chi connectivity index (χ0n) is 3.32. The van der Waals surface area contributed by atoms with Crippen LogP contribution >= 0.6 is 8.58 Å². The smallest absolute Gasteiger partial charge is 0.166 e. The summed E-state index contributed by atoms with van der Waals surface area (Å²) in [6, 6.07) is 0. The highest BCUT2D eigenvalue weighted by molar-refractivity contribution is 7.58. The van der Waals surface area contributed by atoms with Gasteiger partial charge in [0.05, 0.1) is 6.54 Å². The van der Waals surface area contributed by atoms with Gasteiger partial charge in [0.2, 0.25) is 0 Å². The maximum atomic E-state index is 10.2. The first-order chi connectivity index (χ1) is 2.89. The molecule has 34 valence electrons. The summed E-state index contributed by atoms with van der Waals surface area (Å²) < 4.78 is 0. The molecule has 1 unspecified atom stereocenters. The molecule has 0 spiro atoms. The SMILES string of the molecule is O=C1CNCP1. The summed E-state index contributed by atoms with van der Waals surface area (Å²) in [5.74, 6) is 0. The van der Waals surface area contributed by atoms with Crippen molar-refractivity contribution in [2.45, 2.75) is 0 Å². The van der Waals surface area contributed by atoms with E-state index >= 15 is 0 Å². The van der Waals surface area contributed by atoms with E-state index in [2.05, 4.69) is 5.32 Å². The second-order valence-electron chi connectivity index (χ2n) is 1.20. The third kappa shape index (κ3) is 0.763. The van der Waals surface area contributed by atoms with Crippen molar-refractivity contribution in [2.24, 2.45) is 0 Å². The first kappa shape index (κ1) is 4.23. The lowest BCUT2D eigenvalue weighted by Gasteiger charge is -1.74. The molecule has 0 aromatic heterocycles. The van der Waals surface area contributed by atoms with Crippen LogP contribution in [0.15, 0.2) is 0 Å². The number of rotatable bonds is 0. The molecule has 1 aliphatic rings. The number of hydrogen-bond donors (Lipinski definition) is 1. The predicted octanol–water partition coefficient (Wildman–Crippen LogP) is -0.248. The quantitative estimate of drug-likeness (QED) is 0.428. The maximum absolute atomic E-state index is 10.2. The Bertz CT molecular complexity index is 65.2. The van der Waals surface area contributed by atoms with Crippen molar-refractivity contribution in [3.8, 4) is 0 Å². The number of hydrogen-bond acceptors (Lipinski definition) is 2. The van der Waals surface area contributed by atoms with E-state index in [1.165, 1.54) is 0 Å². The van der Waals surface area contributed by atoms with E-state index in [-0.39, 0.29) is 0 Å². The van der Waals surface area contributed by atoms with E-state index in [1.54, 1.807) is 0 Å². The van der Waals surface area contributed by atoms with Gasteiger partial charge < -0.3 is 5.32 Å². The summed E-state index contributed by atoms with van der Waals surface area (Å²) in [7, 11) is 0.532. The van der Waals surface area contributed by atoms with E-state index in [0.29, 0.717) is 20.6 Å². The Kier molecular flexibility index (Phi) is 1.18. The lowest BCUT2D eigenvalue weighted by Crippen LogP contribution is -2.07. The van der Waals surface area contributed by atoms with E-state index < -0.39 is 0 Å². The third-order valence-corrected chi connectivity index (χ3v) is 1.69. The first-order valence-electron chi connectivity index (χ1n) is 1.87. The van der Waals surface area contributed by atoms with Crippen LogP contribution in [0.25, 0.3) is 0 Å². The second kappa shape index (κ2) is 1.67. The number of carbonyl (C=O) groups excluding carboxylic acids is 1. The van der Waals surface area contributed by atoms with Crippen LogP contribution in [0.5, 0.6) is 0 Å². The molecule has 1 N–H and O–H groups in total. The minimum absolute atomic E-state index is 0.370. The molecule has 1 saturated heterocycles. The minimum Gasteiger partial charge on any atom is -0.306 e. The summed E-state index contributed by atoms with van der Waals surface area (Å²) in [5.41, 5.74) is 0.370. The topological polar surface area (TPSA) is 29.1 Å². The molecule has 1 fully saturated rings. The number of carbonyl (C=O) groups is 1. The van der Waals surface area contributed by atoms with Crippen molar-refractivity contribution in [3.05, 3.63) is 0 Å². The van der Waals surface area contributed by atoms with Gasteiger partial charge in [0.25, 0.3) is 0 Å². The average molecular weight is 103 g/mol. The Morgan fingerprint density at radius 3 is 2.83 bits per heavy atom. The molecule has 1 heterocycles. The molecule has 2 nitrogen and oxygen atoms in total. The molecule has 0 amide bonds. The van der Waals surface area contributed by atoms with Crippen LogP contribution in [0.4, 0.5) is 0 Å². The Balaban J connectivity index is 2.37. The van der Waals surface area contributed by atoms with Gasteiger partial charge in [-0.3, -0.25) is 4.79 Å². The van der Waals surface area contributed by atoms with Crippen molar-refractivity contribution in [2.75, 3.05) is 12.8 Å². The van der Waals surface area contributed by atoms with Crippen LogP contribution in [0.1, 0.15) is 0 Å². The molecular weight excluding hydrogens is 97.0 g/mol. The largest absolute Gasteiger partial charge is 0.306 e. The summed E-state index contributed by atoms with van der Waals surface area (Å²) in [4.78, 5) is 10.2. The van der Waals surface area contributed by atoms with Crippen LogP contribution in [0.2, 0.25) is 0 Å². The molecule has 0 aromatic rings. The van der Waals surface area contributed by atoms with E-state index in [1.807, 2.05) is 0 Å². The highest BCUT2D eigenvalue weighted by Crippen LogP contribution is 2.12. The van der Waals surface area contributed by atoms with Gasteiger partial charge in [-0.1, -0.05) is 0 Å². The standard InChI is InChI=1S/C3H6NOP/c5-3-1-4-2-6-3/h4,6H,1-2H2. The minimum atomic E-state index is 0.370. The molecule has 1 atom stereocenters. The molecule has 0 aliphatic carbocycles. The monoisotopic (exact) mass is 103 g/mol. The van der Waals surface area contributed by atoms with Crippen LogP contribution in [0, 0.1) is 0 Å². The van der Waals surface area contributed by atoms with Crippen molar-refractivity contribution >= 4 is 14.1 Å². The van der Waals surface area contributed by atoms with Gasteiger partial charge in [0.15, 0.2) is 5.52 Å². The van der Waals surface area contributed by atoms with Gasteiger partial charge in [0.1, 0.15) is 0 Å². The lowest BCUT2D eigenvalue weighted by molar-refractivity contribution is -0.109. The van der Waals surface area contributed by atoms with Crippen LogP contribution in [-0.4, -0.2) is 18.4 Å². The van der Waals surface area contributed by atoms with Gasteiger partial charge in [-0.15, -0.1) is 0 Å². The fourth-order valence-corrected chi connectivity index (χ4v) is 1.10. The fourth-order valence-electron chi connectivity index (χ4n) is 0.400. The zero-order valence-corrected chi connectivity index (χ0v) is 4.32. The highest BCUT2D eigenvalue weighted by atomic mass is 31.1. The van der Waals surface area contributed by atoms with Crippen molar-refractivity contribution in [1.82, 2.24) is 5.32 Å². The average Bonchev–Trinajstić information content (AvgIpc) is 1.86. The van der Waals surface area contributed by atoms with Gasteiger partial charge in [-0.25, -0.2) is 0 Å². The van der Waals surface area contributed by atoms with Gasteiger partial charge >= 0.3 is 0 Å². The van der Waals surface area contributed by atoms with E-state index in [4.69, 9.17) is 0 Å². The van der Waals surface area contributed by atoms with Crippen molar-refractivity contribution in [3.63, 3.8) is 0 Å². The lowest BCUT2D eigenvalue weighted by atomic mass is 10.7. The van der Waals surface area contributed by atoms with E-state index in [0.717, 1.165) is 6.29 Å². The van der Waals surface area contributed by atoms with Gasteiger partial charge in [-0.2, -0.15) is 0 Å². The Morgan fingerprint density at radius 1 is 1.83 bits per heavy atom. The Labute approximate surface area is 38.1 Å². The Hall–Kier alpha value is 0.0600. The summed E-state index contributed by atoms with van der Waals surface area (Å²) >= 11 is 0. The predicted molar refractivity (Wildman–Crippen MR) is 26.2 cm³/mol. The van der Waals surface area contributed by atoms with Crippen molar-refractivity contribution < 1.29 is 4.79 Å². The van der Waals surface area contributed by atoms with Gasteiger partial charge in [0, 0.05) is 6.29 Å². The normalized spacial score (nSPS) is 26.3. The molecule has 0 radical (unpaired) electrons. The fraction of sp³-hybridized carbons (Fsp3) is 0.667. The summed E-state index contributed by atoms with van der Waals surface area (Å²) in [6.45, 7) is 0.610.